The van der Waals surface area contributed by atoms with E-state index in [9.17, 15) is 9.59 Å². The molecule has 0 N–H and O–H groups in total. The molecule has 0 aromatic heterocycles. The Labute approximate surface area is 178 Å². The fraction of sp³-hybridized carbons (Fsp3) is 0.727. The Balaban J connectivity index is 1.75. The maximum Gasteiger partial charge on any atom is 0.214 e. The standard InChI is InChI=1S/C22H34O2S3/c1-15(2)21(23)26-19-9-5-7-17(11-13-19)25-18-8-6-10-20(14-12-18)27-22(24)16(3)4/h17-20H,1,3,5-14H2,2,4H3. The Hall–Kier alpha value is -0.130. The van der Waals surface area contributed by atoms with Gasteiger partial charge in [0.2, 0.25) is 10.2 Å². The predicted octanol–water partition coefficient (Wildman–Crippen LogP) is 6.79. The third kappa shape index (κ3) is 8.41. The first-order valence-electron chi connectivity index (χ1n) is 10.2. The molecule has 0 amide bonds. The van der Waals surface area contributed by atoms with E-state index in [1.54, 1.807) is 0 Å². The summed E-state index contributed by atoms with van der Waals surface area (Å²) in [5, 5.41) is 2.76. The van der Waals surface area contributed by atoms with Gasteiger partial charge in [-0.1, -0.05) is 49.5 Å². The molecule has 0 saturated heterocycles. The van der Waals surface area contributed by atoms with E-state index in [0.29, 0.717) is 21.6 Å². The van der Waals surface area contributed by atoms with Crippen molar-refractivity contribution in [2.75, 3.05) is 0 Å². The molecule has 0 spiro atoms. The number of rotatable bonds is 6. The second-order valence-electron chi connectivity index (χ2n) is 8.01. The van der Waals surface area contributed by atoms with E-state index in [2.05, 4.69) is 24.9 Å². The van der Waals surface area contributed by atoms with Gasteiger partial charge >= 0.3 is 0 Å². The van der Waals surface area contributed by atoms with Crippen molar-refractivity contribution in [3.05, 3.63) is 24.3 Å². The summed E-state index contributed by atoms with van der Waals surface area (Å²) in [4.78, 5) is 23.9. The van der Waals surface area contributed by atoms with Gasteiger partial charge in [-0.25, -0.2) is 0 Å². The highest BCUT2D eigenvalue weighted by molar-refractivity contribution is 8.14. The van der Waals surface area contributed by atoms with Gasteiger partial charge in [0.15, 0.2) is 0 Å². The molecule has 0 heterocycles. The molecule has 27 heavy (non-hydrogen) atoms. The van der Waals surface area contributed by atoms with Gasteiger partial charge < -0.3 is 0 Å². The Bertz CT molecular complexity index is 510. The molecule has 0 aliphatic heterocycles. The fourth-order valence-corrected chi connectivity index (χ4v) is 7.53. The quantitative estimate of drug-likeness (QED) is 0.345. The number of carbonyl (C=O) groups excluding carboxylic acids is 2. The molecular formula is C22H34O2S3. The molecule has 2 fully saturated rings. The van der Waals surface area contributed by atoms with E-state index < -0.39 is 0 Å². The number of thioether (sulfide) groups is 3. The first kappa shape index (κ1) is 23.2. The molecule has 2 aliphatic carbocycles. The highest BCUT2D eigenvalue weighted by Crippen LogP contribution is 2.40. The zero-order chi connectivity index (χ0) is 19.8. The first-order valence-corrected chi connectivity index (χ1v) is 12.9. The summed E-state index contributed by atoms with van der Waals surface area (Å²) >= 11 is 5.22. The molecule has 0 bridgehead atoms. The van der Waals surface area contributed by atoms with Crippen LogP contribution in [0.5, 0.6) is 0 Å². The number of hydrogen-bond donors (Lipinski definition) is 0. The van der Waals surface area contributed by atoms with Gasteiger partial charge in [0, 0.05) is 21.0 Å². The van der Waals surface area contributed by atoms with Gasteiger partial charge in [-0.2, -0.15) is 11.8 Å². The molecule has 2 rings (SSSR count). The lowest BCUT2D eigenvalue weighted by Crippen LogP contribution is -2.11. The second-order valence-corrected chi connectivity index (χ2v) is 12.2. The average molecular weight is 427 g/mol. The molecule has 4 unspecified atom stereocenters. The molecule has 2 saturated carbocycles. The first-order chi connectivity index (χ1) is 12.8. The Morgan fingerprint density at radius 1 is 0.630 bits per heavy atom. The smallest absolute Gasteiger partial charge is 0.214 e. The molecule has 5 heteroatoms. The Kier molecular flexibility index (Phi) is 10.1. The van der Waals surface area contributed by atoms with Crippen LogP contribution in [0.25, 0.3) is 0 Å². The molecular weight excluding hydrogens is 392 g/mol. The number of hydrogen-bond acceptors (Lipinski definition) is 5. The van der Waals surface area contributed by atoms with E-state index >= 15 is 0 Å². The van der Waals surface area contributed by atoms with Crippen molar-refractivity contribution in [1.29, 1.82) is 0 Å². The van der Waals surface area contributed by atoms with Crippen molar-refractivity contribution >= 4 is 45.5 Å². The van der Waals surface area contributed by atoms with Crippen LogP contribution in [0, 0.1) is 0 Å². The SMILES string of the molecule is C=C(C)C(=O)SC1CCCC(SC2CCCC(SC(=O)C(=C)C)CC2)CC1. The van der Waals surface area contributed by atoms with E-state index in [0.717, 1.165) is 36.2 Å². The van der Waals surface area contributed by atoms with Crippen LogP contribution in [0.2, 0.25) is 0 Å². The van der Waals surface area contributed by atoms with Crippen LogP contribution in [0.4, 0.5) is 0 Å². The van der Waals surface area contributed by atoms with E-state index in [1.165, 1.54) is 62.0 Å². The summed E-state index contributed by atoms with van der Waals surface area (Å²) < 4.78 is 0. The lowest BCUT2D eigenvalue weighted by Gasteiger charge is -2.21. The topological polar surface area (TPSA) is 34.1 Å². The minimum atomic E-state index is 0.169. The largest absolute Gasteiger partial charge is 0.282 e. The summed E-state index contributed by atoms with van der Waals surface area (Å²) in [5.74, 6) is 0. The zero-order valence-electron chi connectivity index (χ0n) is 16.8. The summed E-state index contributed by atoms with van der Waals surface area (Å²) in [6.45, 7) is 11.2. The normalized spacial score (nSPS) is 29.4. The third-order valence-corrected chi connectivity index (χ3v) is 9.80. The van der Waals surface area contributed by atoms with Crippen molar-refractivity contribution in [3.63, 3.8) is 0 Å². The van der Waals surface area contributed by atoms with Gasteiger partial charge in [0.05, 0.1) is 0 Å². The van der Waals surface area contributed by atoms with Crippen LogP contribution in [0.15, 0.2) is 24.3 Å². The average Bonchev–Trinajstić information content (AvgIpc) is 2.96. The Morgan fingerprint density at radius 2 is 0.963 bits per heavy atom. The lowest BCUT2D eigenvalue weighted by atomic mass is 10.2. The van der Waals surface area contributed by atoms with Gasteiger partial charge in [-0.15, -0.1) is 0 Å². The second kappa shape index (κ2) is 11.8. The molecule has 2 aliphatic rings. The van der Waals surface area contributed by atoms with E-state index in [4.69, 9.17) is 0 Å². The maximum absolute atomic E-state index is 11.9. The monoisotopic (exact) mass is 426 g/mol. The summed E-state index contributed by atoms with van der Waals surface area (Å²) in [7, 11) is 0. The van der Waals surface area contributed by atoms with Crippen LogP contribution < -0.4 is 0 Å². The van der Waals surface area contributed by atoms with Gasteiger partial charge in [-0.05, 0) is 76.4 Å². The van der Waals surface area contributed by atoms with Crippen molar-refractivity contribution in [2.24, 2.45) is 0 Å². The summed E-state index contributed by atoms with van der Waals surface area (Å²) in [6, 6.07) is 0. The van der Waals surface area contributed by atoms with Crippen LogP contribution in [0.3, 0.4) is 0 Å². The van der Waals surface area contributed by atoms with Gasteiger partial charge in [0.25, 0.3) is 0 Å². The molecule has 4 atom stereocenters. The summed E-state index contributed by atoms with van der Waals surface area (Å²) in [5.41, 5.74) is 1.34. The minimum absolute atomic E-state index is 0.169. The van der Waals surface area contributed by atoms with E-state index in [1.807, 2.05) is 13.8 Å². The highest BCUT2D eigenvalue weighted by atomic mass is 32.2. The van der Waals surface area contributed by atoms with Gasteiger partial charge in [0.1, 0.15) is 0 Å². The Morgan fingerprint density at radius 3 is 1.33 bits per heavy atom. The fourth-order valence-electron chi connectivity index (χ4n) is 3.75. The van der Waals surface area contributed by atoms with E-state index in [-0.39, 0.29) is 10.2 Å². The molecule has 152 valence electrons. The van der Waals surface area contributed by atoms with Crippen LogP contribution >= 0.6 is 35.3 Å². The highest BCUT2D eigenvalue weighted by Gasteiger charge is 2.27. The molecule has 0 aromatic carbocycles. The van der Waals surface area contributed by atoms with Crippen LogP contribution in [-0.4, -0.2) is 31.2 Å². The van der Waals surface area contributed by atoms with Crippen molar-refractivity contribution in [1.82, 2.24) is 0 Å². The predicted molar refractivity (Wildman–Crippen MR) is 124 cm³/mol. The van der Waals surface area contributed by atoms with Crippen LogP contribution in [0.1, 0.15) is 78.1 Å². The van der Waals surface area contributed by atoms with Crippen molar-refractivity contribution < 1.29 is 9.59 Å². The molecule has 0 aromatic rings. The maximum atomic E-state index is 11.9. The van der Waals surface area contributed by atoms with Crippen molar-refractivity contribution in [3.8, 4) is 0 Å². The lowest BCUT2D eigenvalue weighted by molar-refractivity contribution is -0.108. The van der Waals surface area contributed by atoms with Gasteiger partial charge in [-0.3, -0.25) is 9.59 Å². The summed E-state index contributed by atoms with van der Waals surface area (Å²) in [6.07, 6.45) is 12.1. The molecule has 0 radical (unpaired) electrons. The number of carbonyl (C=O) groups is 2. The molecule has 2 nitrogen and oxygen atoms in total. The van der Waals surface area contributed by atoms with Crippen LogP contribution in [-0.2, 0) is 9.59 Å². The minimum Gasteiger partial charge on any atom is -0.282 e. The third-order valence-electron chi connectivity index (χ3n) is 5.35. The van der Waals surface area contributed by atoms with Crippen molar-refractivity contribution in [2.45, 2.75) is 99.1 Å². The zero-order valence-corrected chi connectivity index (χ0v) is 19.3.